The molecular weight excluding hydrogens is 627 g/mol. The number of fused-ring (bicyclic) bond motifs is 10. The van der Waals surface area contributed by atoms with E-state index in [4.69, 9.17) is 4.99 Å². The van der Waals surface area contributed by atoms with Crippen LogP contribution in [0.15, 0.2) is 186 Å². The predicted octanol–water partition coefficient (Wildman–Crippen LogP) is 12.7. The van der Waals surface area contributed by atoms with Crippen molar-refractivity contribution in [3.8, 4) is 33.4 Å². The van der Waals surface area contributed by atoms with E-state index in [1.54, 1.807) is 0 Å². The highest BCUT2D eigenvalue weighted by Crippen LogP contribution is 2.63. The molecule has 52 heavy (non-hydrogen) atoms. The van der Waals surface area contributed by atoms with Crippen LogP contribution in [0.1, 0.15) is 65.6 Å². The number of benzene rings is 7. The number of hydrogen-bond acceptors (Lipinski definition) is 1. The van der Waals surface area contributed by atoms with Crippen molar-refractivity contribution >= 4 is 11.3 Å². The van der Waals surface area contributed by atoms with Crippen molar-refractivity contribution in [1.82, 2.24) is 0 Å². The molecule has 0 saturated heterocycles. The molecule has 1 saturated carbocycles. The molecule has 248 valence electrons. The quantitative estimate of drug-likeness (QED) is 0.157. The van der Waals surface area contributed by atoms with E-state index < -0.39 is 5.41 Å². The van der Waals surface area contributed by atoms with Crippen LogP contribution in [0, 0.1) is 0 Å². The van der Waals surface area contributed by atoms with E-state index in [-0.39, 0.29) is 5.54 Å². The van der Waals surface area contributed by atoms with Gasteiger partial charge in [0.25, 0.3) is 0 Å². The molecule has 10 rings (SSSR count). The average Bonchev–Trinajstić information content (AvgIpc) is 3.87. The molecule has 3 aliphatic carbocycles. The fraction of sp³-hybridized carbons (Fsp3) is 0.118. The molecule has 0 bridgehead atoms. The van der Waals surface area contributed by atoms with E-state index >= 15 is 0 Å². The zero-order valence-corrected chi connectivity index (χ0v) is 29.6. The zero-order valence-electron chi connectivity index (χ0n) is 29.6. The van der Waals surface area contributed by atoms with Gasteiger partial charge in [-0.3, -0.25) is 4.99 Å². The van der Waals surface area contributed by atoms with Crippen LogP contribution in [0.4, 0.5) is 0 Å². The van der Waals surface area contributed by atoms with Crippen LogP contribution >= 0.6 is 0 Å². The van der Waals surface area contributed by atoms with Gasteiger partial charge in [0.1, 0.15) is 0 Å². The Balaban J connectivity index is 1.22. The van der Waals surface area contributed by atoms with Crippen LogP contribution in [0.25, 0.3) is 39.0 Å². The summed E-state index contributed by atoms with van der Waals surface area (Å²) in [6.07, 6.45) is 2.10. The monoisotopic (exact) mass is 665 g/mol. The van der Waals surface area contributed by atoms with Crippen molar-refractivity contribution in [3.63, 3.8) is 0 Å². The Bertz CT molecular complexity index is 2520. The van der Waals surface area contributed by atoms with Crippen LogP contribution in [-0.4, -0.2) is 5.71 Å². The van der Waals surface area contributed by atoms with Gasteiger partial charge in [0, 0.05) is 5.56 Å². The average molecular weight is 666 g/mol. The molecule has 1 heteroatoms. The van der Waals surface area contributed by atoms with Gasteiger partial charge in [0.15, 0.2) is 0 Å². The van der Waals surface area contributed by atoms with Crippen LogP contribution < -0.4 is 0 Å². The summed E-state index contributed by atoms with van der Waals surface area (Å²) in [5.74, 6) is 0. The number of aliphatic imine (C=N–C) groups is 1. The van der Waals surface area contributed by atoms with Gasteiger partial charge in [-0.25, -0.2) is 0 Å². The van der Waals surface area contributed by atoms with Crippen LogP contribution in [0.2, 0.25) is 0 Å². The van der Waals surface area contributed by atoms with E-state index in [2.05, 4.69) is 190 Å². The van der Waals surface area contributed by atoms with Gasteiger partial charge < -0.3 is 0 Å². The molecule has 0 heterocycles. The van der Waals surface area contributed by atoms with Crippen molar-refractivity contribution in [3.05, 3.63) is 220 Å². The first-order chi connectivity index (χ1) is 25.6. The Hall–Kier alpha value is -6.05. The zero-order chi connectivity index (χ0) is 34.9. The fourth-order valence-electron chi connectivity index (χ4n) is 9.17. The fourth-order valence-corrected chi connectivity index (χ4v) is 9.17. The van der Waals surface area contributed by atoms with E-state index in [1.807, 2.05) is 0 Å². The lowest BCUT2D eigenvalue weighted by Crippen LogP contribution is -2.26. The summed E-state index contributed by atoms with van der Waals surface area (Å²) in [5, 5.41) is 0. The highest BCUT2D eigenvalue weighted by Gasteiger charge is 2.52. The Labute approximate surface area is 306 Å². The Morgan fingerprint density at radius 1 is 0.462 bits per heavy atom. The van der Waals surface area contributed by atoms with Crippen LogP contribution in [0.5, 0.6) is 0 Å². The van der Waals surface area contributed by atoms with Gasteiger partial charge in [-0.2, -0.15) is 0 Å². The highest BCUT2D eigenvalue weighted by atomic mass is 14.9. The second kappa shape index (κ2) is 11.8. The molecule has 0 unspecified atom stereocenters. The highest BCUT2D eigenvalue weighted by molar-refractivity contribution is 6.20. The lowest BCUT2D eigenvalue weighted by molar-refractivity contribution is 0.743. The first kappa shape index (κ1) is 30.7. The van der Waals surface area contributed by atoms with Gasteiger partial charge >= 0.3 is 0 Å². The number of hydrogen-bond donors (Lipinski definition) is 0. The lowest BCUT2D eigenvalue weighted by atomic mass is 9.70. The third kappa shape index (κ3) is 4.45. The van der Waals surface area contributed by atoms with Crippen LogP contribution in [-0.2, 0) is 11.0 Å². The topological polar surface area (TPSA) is 12.4 Å². The molecule has 0 aliphatic heterocycles. The van der Waals surface area contributed by atoms with Gasteiger partial charge in [0.05, 0.1) is 16.7 Å². The predicted molar refractivity (Wildman–Crippen MR) is 217 cm³/mol. The third-order valence-corrected chi connectivity index (χ3v) is 12.0. The van der Waals surface area contributed by atoms with Gasteiger partial charge in [-0.1, -0.05) is 176 Å². The largest absolute Gasteiger partial charge is 0.273 e. The van der Waals surface area contributed by atoms with Crippen LogP contribution in [0.3, 0.4) is 0 Å². The molecule has 7 aromatic rings. The molecular formula is C51H39N. The van der Waals surface area contributed by atoms with E-state index in [0.29, 0.717) is 0 Å². The second-order valence-corrected chi connectivity index (χ2v) is 14.7. The molecule has 0 amide bonds. The molecule has 0 N–H and O–H groups in total. The Morgan fingerprint density at radius 2 is 0.962 bits per heavy atom. The summed E-state index contributed by atoms with van der Waals surface area (Å²) >= 11 is 0. The molecule has 3 aliphatic rings. The lowest BCUT2D eigenvalue weighted by Gasteiger charge is -2.30. The smallest absolute Gasteiger partial charge is 0.0866 e. The van der Waals surface area contributed by atoms with E-state index in [0.717, 1.165) is 18.6 Å². The molecule has 0 atom stereocenters. The summed E-state index contributed by atoms with van der Waals surface area (Å²) in [5.41, 5.74) is 19.8. The third-order valence-electron chi connectivity index (χ3n) is 12.0. The van der Waals surface area contributed by atoms with Gasteiger partial charge in [0.2, 0.25) is 0 Å². The van der Waals surface area contributed by atoms with E-state index in [1.165, 1.54) is 83.5 Å². The normalized spacial score (nSPS) is 16.1. The molecule has 1 spiro atoms. The first-order valence-electron chi connectivity index (χ1n) is 18.5. The Morgan fingerprint density at radius 3 is 1.58 bits per heavy atom. The maximum Gasteiger partial charge on any atom is 0.0866 e. The van der Waals surface area contributed by atoms with Crippen molar-refractivity contribution in [1.29, 1.82) is 0 Å². The molecule has 1 fully saturated rings. The summed E-state index contributed by atoms with van der Waals surface area (Å²) in [6, 6.07) is 64.8. The maximum atomic E-state index is 5.88. The molecule has 0 aromatic heterocycles. The summed E-state index contributed by atoms with van der Waals surface area (Å²) < 4.78 is 0. The number of rotatable bonds is 6. The minimum Gasteiger partial charge on any atom is -0.273 e. The second-order valence-electron chi connectivity index (χ2n) is 14.7. The SMILES string of the molecule is C/C(C(=NC1(c2ccccc2)CC1)c1cccc2c1-c1ccccc1C21c2ccccc2-c2ccccc21)=C(/C)c1ccc(-c2ccccc2)cc1. The number of allylic oxidation sites excluding steroid dienone is 2. The summed E-state index contributed by atoms with van der Waals surface area (Å²) in [7, 11) is 0. The first-order valence-corrected chi connectivity index (χ1v) is 18.5. The van der Waals surface area contributed by atoms with Gasteiger partial charge in [-0.15, -0.1) is 0 Å². The maximum absolute atomic E-state index is 5.88. The van der Waals surface area contributed by atoms with Crippen molar-refractivity contribution in [2.24, 2.45) is 4.99 Å². The minimum atomic E-state index is -0.392. The number of nitrogens with zero attached hydrogens (tertiary/aromatic N) is 1. The van der Waals surface area contributed by atoms with Crippen molar-refractivity contribution in [2.45, 2.75) is 37.6 Å². The molecule has 0 radical (unpaired) electrons. The van der Waals surface area contributed by atoms with Gasteiger partial charge in [-0.05, 0) is 105 Å². The van der Waals surface area contributed by atoms with Crippen molar-refractivity contribution in [2.75, 3.05) is 0 Å². The summed E-state index contributed by atoms with van der Waals surface area (Å²) in [6.45, 7) is 4.56. The molecule has 1 nitrogen and oxygen atoms in total. The Kier molecular flexibility index (Phi) is 6.95. The minimum absolute atomic E-state index is 0.222. The molecule has 7 aromatic carbocycles. The van der Waals surface area contributed by atoms with E-state index in [9.17, 15) is 0 Å². The van der Waals surface area contributed by atoms with Crippen molar-refractivity contribution < 1.29 is 0 Å². The standard InChI is InChI=1S/C51H39N/c1-34(36-28-30-38(31-29-36)37-16-5-3-6-17-37)35(2)49(52-50(32-33-50)39-18-7-4-8-19-39)43-23-15-27-47-48(43)42-22-11-14-26-46(42)51(47)44-24-12-9-20-40(44)41-21-10-13-25-45(41)51/h3-31H,32-33H2,1-2H3/b35-34+,52-49?. The summed E-state index contributed by atoms with van der Waals surface area (Å²) in [4.78, 5) is 5.88.